The number of H-pyrrole nitrogens is 1. The van der Waals surface area contributed by atoms with E-state index >= 15 is 0 Å². The second kappa shape index (κ2) is 7.97. The van der Waals surface area contributed by atoms with Crippen LogP contribution in [-0.4, -0.2) is 21.2 Å². The lowest BCUT2D eigenvalue weighted by atomic mass is 9.91. The van der Waals surface area contributed by atoms with E-state index in [2.05, 4.69) is 23.3 Å². The predicted molar refractivity (Wildman–Crippen MR) is 102 cm³/mol. The monoisotopic (exact) mass is 359 g/mol. The molecule has 2 aromatic rings. The standard InChI is InChI=1S/C19H25N3O2S/c1-2-3-4-7-12-22-18(24)15(17(23)21-19(22)25)16-14-9-6-5-8-13(14)10-11-20-16/h5-6,8-9,16,20,24H,2-4,7,10-12H2,1H3,(H,21,23,25)/t16-/m0/s1. The summed E-state index contributed by atoms with van der Waals surface area (Å²) in [6, 6.07) is 7.74. The van der Waals surface area contributed by atoms with E-state index in [9.17, 15) is 9.90 Å². The molecule has 6 heteroatoms. The van der Waals surface area contributed by atoms with E-state index in [1.807, 2.05) is 18.2 Å². The molecule has 1 aromatic heterocycles. The van der Waals surface area contributed by atoms with E-state index < -0.39 is 0 Å². The molecule has 3 rings (SSSR count). The van der Waals surface area contributed by atoms with Crippen molar-refractivity contribution in [3.63, 3.8) is 0 Å². The smallest absolute Gasteiger partial charge is 0.260 e. The van der Waals surface area contributed by atoms with Crippen molar-refractivity contribution in [3.05, 3.63) is 56.1 Å². The zero-order chi connectivity index (χ0) is 17.8. The molecule has 5 nitrogen and oxygen atoms in total. The molecule has 1 aliphatic heterocycles. The van der Waals surface area contributed by atoms with Gasteiger partial charge in [0.15, 0.2) is 4.77 Å². The zero-order valence-corrected chi connectivity index (χ0v) is 15.4. The van der Waals surface area contributed by atoms with Crippen molar-refractivity contribution in [1.82, 2.24) is 14.9 Å². The molecule has 0 saturated carbocycles. The number of nitrogens with one attached hydrogen (secondary N) is 2. The molecule has 134 valence electrons. The summed E-state index contributed by atoms with van der Waals surface area (Å²) in [6.07, 6.45) is 5.23. The van der Waals surface area contributed by atoms with E-state index in [4.69, 9.17) is 12.2 Å². The molecule has 0 spiro atoms. The Labute approximate surface area is 152 Å². The fourth-order valence-corrected chi connectivity index (χ4v) is 3.77. The normalized spacial score (nSPS) is 16.6. The van der Waals surface area contributed by atoms with Crippen molar-refractivity contribution >= 4 is 12.2 Å². The molecule has 0 amide bonds. The summed E-state index contributed by atoms with van der Waals surface area (Å²) in [5, 5.41) is 14.2. The van der Waals surface area contributed by atoms with Crippen LogP contribution in [0.1, 0.15) is 55.3 Å². The highest BCUT2D eigenvalue weighted by atomic mass is 32.1. The molecule has 25 heavy (non-hydrogen) atoms. The Bertz CT molecular complexity index is 856. The van der Waals surface area contributed by atoms with Crippen molar-refractivity contribution in [2.24, 2.45) is 0 Å². The third kappa shape index (κ3) is 3.70. The van der Waals surface area contributed by atoms with E-state index in [0.717, 1.165) is 44.2 Å². The summed E-state index contributed by atoms with van der Waals surface area (Å²) in [5.41, 5.74) is 2.30. The number of aromatic amines is 1. The van der Waals surface area contributed by atoms with Crippen LogP contribution < -0.4 is 10.9 Å². The Hall–Kier alpha value is -1.92. The van der Waals surface area contributed by atoms with Crippen molar-refractivity contribution in [1.29, 1.82) is 0 Å². The Morgan fingerprint density at radius 2 is 2.08 bits per heavy atom. The minimum absolute atomic E-state index is 0.0144. The van der Waals surface area contributed by atoms with Gasteiger partial charge in [-0.05, 0) is 36.2 Å². The van der Waals surface area contributed by atoms with E-state index in [-0.39, 0.29) is 22.3 Å². The Kier molecular flexibility index (Phi) is 5.71. The molecule has 1 aromatic carbocycles. The highest BCUT2D eigenvalue weighted by Gasteiger charge is 2.27. The molecule has 0 radical (unpaired) electrons. The first-order valence-corrected chi connectivity index (χ1v) is 9.41. The average molecular weight is 359 g/mol. The summed E-state index contributed by atoms with van der Waals surface area (Å²) in [5.74, 6) is -0.0144. The quantitative estimate of drug-likeness (QED) is 0.546. The number of aromatic hydroxyl groups is 1. The van der Waals surface area contributed by atoms with Crippen molar-refractivity contribution < 1.29 is 5.11 Å². The summed E-state index contributed by atoms with van der Waals surface area (Å²) >= 11 is 5.27. The van der Waals surface area contributed by atoms with E-state index in [0.29, 0.717) is 12.1 Å². The minimum atomic E-state index is -0.318. The number of hydrogen-bond acceptors (Lipinski definition) is 4. The van der Waals surface area contributed by atoms with E-state index in [1.54, 1.807) is 4.57 Å². The van der Waals surface area contributed by atoms with Gasteiger partial charge in [0.05, 0.1) is 11.6 Å². The van der Waals surface area contributed by atoms with Gasteiger partial charge in [0.25, 0.3) is 5.56 Å². The van der Waals surface area contributed by atoms with Gasteiger partial charge in [-0.3, -0.25) is 14.3 Å². The van der Waals surface area contributed by atoms with Crippen LogP contribution in [0, 0.1) is 4.77 Å². The topological polar surface area (TPSA) is 70.0 Å². The maximum atomic E-state index is 12.6. The molecular formula is C19H25N3O2S. The van der Waals surface area contributed by atoms with Gasteiger partial charge in [0.2, 0.25) is 5.88 Å². The maximum Gasteiger partial charge on any atom is 0.260 e. The lowest BCUT2D eigenvalue weighted by Gasteiger charge is -2.27. The fraction of sp³-hybridized carbons (Fsp3) is 0.474. The number of rotatable bonds is 6. The van der Waals surface area contributed by atoms with Gasteiger partial charge < -0.3 is 10.4 Å². The zero-order valence-electron chi connectivity index (χ0n) is 14.5. The second-order valence-electron chi connectivity index (χ2n) is 6.54. The number of aromatic nitrogens is 2. The first-order valence-electron chi connectivity index (χ1n) is 9.00. The molecule has 2 heterocycles. The van der Waals surface area contributed by atoms with Crippen LogP contribution in [0.15, 0.2) is 29.1 Å². The van der Waals surface area contributed by atoms with Crippen molar-refractivity contribution in [3.8, 4) is 5.88 Å². The highest BCUT2D eigenvalue weighted by Crippen LogP contribution is 2.31. The van der Waals surface area contributed by atoms with Crippen LogP contribution in [0.2, 0.25) is 0 Å². The number of nitrogens with zero attached hydrogens (tertiary/aromatic N) is 1. The Morgan fingerprint density at radius 1 is 1.28 bits per heavy atom. The molecule has 1 aliphatic rings. The molecule has 0 bridgehead atoms. The van der Waals surface area contributed by atoms with Crippen LogP contribution in [0.5, 0.6) is 5.88 Å². The molecule has 0 aliphatic carbocycles. The predicted octanol–water partition coefficient (Wildman–Crippen LogP) is 3.43. The molecular weight excluding hydrogens is 334 g/mol. The SMILES string of the molecule is CCCCCCn1c(O)c([C@H]2NCCc3ccccc32)c(=O)[nH]c1=S. The van der Waals surface area contributed by atoms with Crippen LogP contribution in [-0.2, 0) is 13.0 Å². The number of fused-ring (bicyclic) bond motifs is 1. The van der Waals surface area contributed by atoms with Crippen LogP contribution >= 0.6 is 12.2 Å². The van der Waals surface area contributed by atoms with Gasteiger partial charge >= 0.3 is 0 Å². The third-order valence-corrected chi connectivity index (χ3v) is 5.16. The minimum Gasteiger partial charge on any atom is -0.494 e. The molecule has 0 saturated heterocycles. The molecule has 0 unspecified atom stereocenters. The summed E-state index contributed by atoms with van der Waals surface area (Å²) in [6.45, 7) is 3.54. The van der Waals surface area contributed by atoms with Gasteiger partial charge in [-0.15, -0.1) is 0 Å². The van der Waals surface area contributed by atoms with E-state index in [1.165, 1.54) is 5.56 Å². The van der Waals surface area contributed by atoms with Gasteiger partial charge in [-0.2, -0.15) is 0 Å². The lowest BCUT2D eigenvalue weighted by molar-refractivity contribution is 0.381. The number of benzene rings is 1. The summed E-state index contributed by atoms with van der Waals surface area (Å²) in [4.78, 5) is 15.3. The summed E-state index contributed by atoms with van der Waals surface area (Å²) < 4.78 is 1.94. The van der Waals surface area contributed by atoms with Gasteiger partial charge in [-0.25, -0.2) is 0 Å². The van der Waals surface area contributed by atoms with Gasteiger partial charge in [0.1, 0.15) is 0 Å². The van der Waals surface area contributed by atoms with Gasteiger partial charge in [-0.1, -0.05) is 50.5 Å². The van der Waals surface area contributed by atoms with Gasteiger partial charge in [0, 0.05) is 13.1 Å². The lowest BCUT2D eigenvalue weighted by Crippen LogP contribution is -2.35. The average Bonchev–Trinajstić information content (AvgIpc) is 2.61. The number of hydrogen-bond donors (Lipinski definition) is 3. The van der Waals surface area contributed by atoms with Crippen molar-refractivity contribution in [2.45, 2.75) is 51.6 Å². The van der Waals surface area contributed by atoms with Crippen molar-refractivity contribution in [2.75, 3.05) is 6.54 Å². The summed E-state index contributed by atoms with van der Waals surface area (Å²) in [7, 11) is 0. The third-order valence-electron chi connectivity index (χ3n) is 4.84. The second-order valence-corrected chi connectivity index (χ2v) is 6.93. The maximum absolute atomic E-state index is 12.6. The van der Waals surface area contributed by atoms with Crippen LogP contribution in [0.25, 0.3) is 0 Å². The number of unbranched alkanes of at least 4 members (excludes halogenated alkanes) is 3. The Morgan fingerprint density at radius 3 is 2.88 bits per heavy atom. The molecule has 1 atom stereocenters. The van der Waals surface area contributed by atoms with Crippen LogP contribution in [0.4, 0.5) is 0 Å². The first kappa shape index (κ1) is 17.9. The first-order chi connectivity index (χ1) is 12.1. The highest BCUT2D eigenvalue weighted by molar-refractivity contribution is 7.71. The molecule has 0 fully saturated rings. The Balaban J connectivity index is 2.00. The largest absolute Gasteiger partial charge is 0.494 e. The molecule has 3 N–H and O–H groups in total. The fourth-order valence-electron chi connectivity index (χ4n) is 3.50. The van der Waals surface area contributed by atoms with Crippen LogP contribution in [0.3, 0.4) is 0 Å².